The number of hydrogen-bond donors (Lipinski definition) is 2. The molecule has 0 bridgehead atoms. The van der Waals surface area contributed by atoms with Crippen molar-refractivity contribution < 1.29 is 19.8 Å². The number of carbonyl (C=O) groups excluding carboxylic acids is 1. The van der Waals surface area contributed by atoms with Crippen LogP contribution < -0.4 is 0 Å². The maximum Gasteiger partial charge on any atom is 0.377 e. The first-order chi connectivity index (χ1) is 6.02. The van der Waals surface area contributed by atoms with Crippen molar-refractivity contribution in [2.45, 2.75) is 0 Å². The van der Waals surface area contributed by atoms with E-state index in [1.165, 1.54) is 18.2 Å². The van der Waals surface area contributed by atoms with Crippen molar-refractivity contribution in [1.29, 1.82) is 0 Å². The van der Waals surface area contributed by atoms with Gasteiger partial charge in [-0.25, -0.2) is 4.79 Å². The number of carboxylic acid groups (broad SMARTS) is 1. The zero-order valence-corrected chi connectivity index (χ0v) is 7.91. The molecule has 0 aliphatic rings. The van der Waals surface area contributed by atoms with Gasteiger partial charge >= 0.3 is 5.97 Å². The van der Waals surface area contributed by atoms with Gasteiger partial charge < -0.3 is 10.2 Å². The molecule has 0 heterocycles. The molecular formula is C8H5BrO4. The lowest BCUT2D eigenvalue weighted by molar-refractivity contribution is -0.131. The molecular weight excluding hydrogens is 240 g/mol. The number of ketones is 1. The normalized spacial score (nSPS) is 9.62. The van der Waals surface area contributed by atoms with E-state index in [0.717, 1.165) is 0 Å². The zero-order chi connectivity index (χ0) is 10.0. The van der Waals surface area contributed by atoms with Crippen LogP contribution in [-0.4, -0.2) is 22.0 Å². The number of hydrogen-bond acceptors (Lipinski definition) is 3. The summed E-state index contributed by atoms with van der Waals surface area (Å²) in [4.78, 5) is 21.2. The Morgan fingerprint density at radius 1 is 1.31 bits per heavy atom. The largest absolute Gasteiger partial charge is 0.507 e. The van der Waals surface area contributed by atoms with Gasteiger partial charge in [0.05, 0.1) is 5.56 Å². The molecule has 0 unspecified atom stereocenters. The molecule has 68 valence electrons. The van der Waals surface area contributed by atoms with Gasteiger partial charge in [0.15, 0.2) is 0 Å². The Bertz CT molecular complexity index is 372. The maximum atomic E-state index is 10.9. The molecule has 13 heavy (non-hydrogen) atoms. The standard InChI is InChI=1S/C8H5BrO4/c9-4-1-2-5(6(10)3-4)7(11)8(12)13/h1-3,10H,(H,12,13). The first-order valence-electron chi connectivity index (χ1n) is 3.28. The van der Waals surface area contributed by atoms with Crippen molar-refractivity contribution in [3.63, 3.8) is 0 Å². The van der Waals surface area contributed by atoms with Gasteiger partial charge in [0.2, 0.25) is 0 Å². The Hall–Kier alpha value is -1.36. The highest BCUT2D eigenvalue weighted by Gasteiger charge is 2.18. The Balaban J connectivity index is 3.16. The van der Waals surface area contributed by atoms with Gasteiger partial charge in [-0.15, -0.1) is 0 Å². The minimum Gasteiger partial charge on any atom is -0.507 e. The van der Waals surface area contributed by atoms with Crippen molar-refractivity contribution in [2.24, 2.45) is 0 Å². The van der Waals surface area contributed by atoms with Crippen LogP contribution in [-0.2, 0) is 4.79 Å². The van der Waals surface area contributed by atoms with Gasteiger partial charge in [-0.1, -0.05) is 15.9 Å². The van der Waals surface area contributed by atoms with Crippen LogP contribution in [0, 0.1) is 0 Å². The van der Waals surface area contributed by atoms with Crippen molar-refractivity contribution in [3.05, 3.63) is 28.2 Å². The Labute approximate surface area is 81.9 Å². The summed E-state index contributed by atoms with van der Waals surface area (Å²) in [5.74, 6) is -3.05. The maximum absolute atomic E-state index is 10.9. The molecule has 0 saturated carbocycles. The Morgan fingerprint density at radius 2 is 1.92 bits per heavy atom. The molecule has 1 rings (SSSR count). The monoisotopic (exact) mass is 244 g/mol. The third-order valence-corrected chi connectivity index (χ3v) is 1.89. The smallest absolute Gasteiger partial charge is 0.377 e. The van der Waals surface area contributed by atoms with E-state index in [0.29, 0.717) is 4.47 Å². The van der Waals surface area contributed by atoms with Crippen molar-refractivity contribution >= 4 is 27.7 Å². The molecule has 0 amide bonds. The second-order valence-electron chi connectivity index (χ2n) is 2.30. The van der Waals surface area contributed by atoms with Gasteiger partial charge in [-0.3, -0.25) is 4.79 Å². The van der Waals surface area contributed by atoms with E-state index in [1.54, 1.807) is 0 Å². The highest BCUT2D eigenvalue weighted by atomic mass is 79.9. The van der Waals surface area contributed by atoms with Crippen LogP contribution in [0.1, 0.15) is 10.4 Å². The number of rotatable bonds is 2. The molecule has 0 aromatic heterocycles. The fourth-order valence-corrected chi connectivity index (χ4v) is 1.16. The van der Waals surface area contributed by atoms with Crippen LogP contribution in [0.5, 0.6) is 5.75 Å². The van der Waals surface area contributed by atoms with Crippen LogP contribution in [0.4, 0.5) is 0 Å². The van der Waals surface area contributed by atoms with E-state index in [-0.39, 0.29) is 11.3 Å². The lowest BCUT2D eigenvalue weighted by Gasteiger charge is -1.99. The summed E-state index contributed by atoms with van der Waals surface area (Å²) in [6.07, 6.45) is 0. The lowest BCUT2D eigenvalue weighted by atomic mass is 10.1. The number of aliphatic carboxylic acids is 1. The van der Waals surface area contributed by atoms with E-state index in [9.17, 15) is 14.7 Å². The average Bonchev–Trinajstić information content (AvgIpc) is 2.03. The summed E-state index contributed by atoms with van der Waals surface area (Å²) in [7, 11) is 0. The molecule has 1 aromatic rings. The number of aromatic hydroxyl groups is 1. The summed E-state index contributed by atoms with van der Waals surface area (Å²) in [5.41, 5.74) is -0.212. The van der Waals surface area contributed by atoms with E-state index in [1.807, 2.05) is 0 Å². The summed E-state index contributed by atoms with van der Waals surface area (Å²) >= 11 is 3.06. The predicted molar refractivity (Wildman–Crippen MR) is 47.8 cm³/mol. The molecule has 5 heteroatoms. The van der Waals surface area contributed by atoms with E-state index >= 15 is 0 Å². The minimum absolute atomic E-state index is 0.212. The van der Waals surface area contributed by atoms with Crippen LogP contribution in [0.25, 0.3) is 0 Å². The fourth-order valence-electron chi connectivity index (χ4n) is 0.812. The van der Waals surface area contributed by atoms with Crippen LogP contribution in [0.2, 0.25) is 0 Å². The van der Waals surface area contributed by atoms with Crippen LogP contribution in [0.3, 0.4) is 0 Å². The summed E-state index contributed by atoms with van der Waals surface area (Å²) in [6, 6.07) is 3.99. The third kappa shape index (κ3) is 2.06. The van der Waals surface area contributed by atoms with E-state index in [2.05, 4.69) is 15.9 Å². The molecule has 1 aromatic carbocycles. The zero-order valence-electron chi connectivity index (χ0n) is 6.32. The molecule has 0 aliphatic heterocycles. The molecule has 0 aliphatic carbocycles. The van der Waals surface area contributed by atoms with Crippen LogP contribution in [0.15, 0.2) is 22.7 Å². The number of phenolic OH excluding ortho intramolecular Hbond substituents is 1. The second kappa shape index (κ2) is 3.57. The van der Waals surface area contributed by atoms with Crippen LogP contribution >= 0.6 is 15.9 Å². The first-order valence-corrected chi connectivity index (χ1v) is 4.08. The van der Waals surface area contributed by atoms with Crippen molar-refractivity contribution in [2.75, 3.05) is 0 Å². The van der Waals surface area contributed by atoms with Crippen molar-refractivity contribution in [1.82, 2.24) is 0 Å². The van der Waals surface area contributed by atoms with E-state index in [4.69, 9.17) is 5.11 Å². The number of carboxylic acids is 1. The lowest BCUT2D eigenvalue weighted by Crippen LogP contribution is -2.12. The first kappa shape index (κ1) is 9.73. The summed E-state index contributed by atoms with van der Waals surface area (Å²) in [5, 5.41) is 17.6. The number of carbonyl (C=O) groups is 2. The minimum atomic E-state index is -1.59. The highest BCUT2D eigenvalue weighted by Crippen LogP contribution is 2.22. The SMILES string of the molecule is O=C(O)C(=O)c1ccc(Br)cc1O. The molecule has 4 nitrogen and oxygen atoms in total. The molecule has 0 atom stereocenters. The van der Waals surface area contributed by atoms with Crippen molar-refractivity contribution in [3.8, 4) is 5.75 Å². The molecule has 0 fully saturated rings. The topological polar surface area (TPSA) is 74.6 Å². The van der Waals surface area contributed by atoms with E-state index < -0.39 is 11.8 Å². The summed E-state index contributed by atoms with van der Waals surface area (Å²) in [6.45, 7) is 0. The second-order valence-corrected chi connectivity index (χ2v) is 3.21. The Morgan fingerprint density at radius 3 is 2.38 bits per heavy atom. The summed E-state index contributed by atoms with van der Waals surface area (Å²) < 4.78 is 0.576. The number of benzene rings is 1. The molecule has 0 saturated heterocycles. The number of phenols is 1. The molecule has 0 spiro atoms. The number of halogens is 1. The molecule has 2 N–H and O–H groups in total. The van der Waals surface area contributed by atoms with Gasteiger partial charge in [-0.2, -0.15) is 0 Å². The quantitative estimate of drug-likeness (QED) is 0.610. The average molecular weight is 245 g/mol. The highest BCUT2D eigenvalue weighted by molar-refractivity contribution is 9.10. The van der Waals surface area contributed by atoms with Gasteiger partial charge in [-0.05, 0) is 18.2 Å². The van der Waals surface area contributed by atoms with Gasteiger partial charge in [0, 0.05) is 4.47 Å². The fraction of sp³-hybridized carbons (Fsp3) is 0. The molecule has 0 radical (unpaired) electrons. The van der Waals surface area contributed by atoms with Gasteiger partial charge in [0.25, 0.3) is 5.78 Å². The third-order valence-electron chi connectivity index (χ3n) is 1.40. The van der Waals surface area contributed by atoms with Gasteiger partial charge in [0.1, 0.15) is 5.75 Å². The number of Topliss-reactive ketones (excluding diaryl/α,β-unsaturated/α-hetero) is 1. The Kier molecular flexibility index (Phi) is 2.67. The predicted octanol–water partition coefficient (Wildman–Crippen LogP) is 1.42.